The molecule has 7 heteroatoms. The minimum Gasteiger partial charge on any atom is -0.348 e. The maximum absolute atomic E-state index is 14.1. The van der Waals surface area contributed by atoms with Gasteiger partial charge in [-0.15, -0.1) is 0 Å². The van der Waals surface area contributed by atoms with Crippen molar-refractivity contribution in [3.05, 3.63) is 89.0 Å². The van der Waals surface area contributed by atoms with Gasteiger partial charge in [-0.2, -0.15) is 0 Å². The highest BCUT2D eigenvalue weighted by atomic mass is 19.1. The summed E-state index contributed by atoms with van der Waals surface area (Å²) in [4.78, 5) is 30.3. The molecule has 0 fully saturated rings. The molecule has 1 unspecified atom stereocenters. The Kier molecular flexibility index (Phi) is 7.24. The molecule has 2 aromatic carbocycles. The molecular weight excluding hydrogens is 443 g/mol. The monoisotopic (exact) mass is 476 g/mol. The highest BCUT2D eigenvalue weighted by Gasteiger charge is 2.33. The fraction of sp³-hybridized carbons (Fsp3) is 0.357. The fourth-order valence-electron chi connectivity index (χ4n) is 4.79. The van der Waals surface area contributed by atoms with Gasteiger partial charge < -0.3 is 19.7 Å². The zero-order valence-electron chi connectivity index (χ0n) is 20.8. The molecule has 184 valence electrons. The number of fused-ring (bicyclic) bond motifs is 1. The summed E-state index contributed by atoms with van der Waals surface area (Å²) < 4.78 is 16.2. The maximum Gasteiger partial charge on any atom is 0.322 e. The van der Waals surface area contributed by atoms with Crippen LogP contribution in [0.5, 0.6) is 0 Å². The first-order valence-corrected chi connectivity index (χ1v) is 12.1. The van der Waals surface area contributed by atoms with Gasteiger partial charge in [0.25, 0.3) is 0 Å². The number of nitrogens with zero attached hydrogens (tertiary/aromatic N) is 3. The first-order valence-electron chi connectivity index (χ1n) is 12.1. The van der Waals surface area contributed by atoms with E-state index in [0.717, 1.165) is 22.5 Å². The van der Waals surface area contributed by atoms with Crippen molar-refractivity contribution in [1.29, 1.82) is 0 Å². The van der Waals surface area contributed by atoms with Crippen molar-refractivity contribution in [1.82, 2.24) is 14.4 Å². The quantitative estimate of drug-likeness (QED) is 0.520. The van der Waals surface area contributed by atoms with Crippen molar-refractivity contribution in [3.8, 4) is 0 Å². The summed E-state index contributed by atoms with van der Waals surface area (Å²) in [6.07, 6.45) is 1.98. The molecule has 6 nitrogen and oxygen atoms in total. The van der Waals surface area contributed by atoms with Crippen LogP contribution < -0.4 is 5.32 Å². The molecule has 0 bridgehead atoms. The van der Waals surface area contributed by atoms with Gasteiger partial charge in [0.05, 0.1) is 6.04 Å². The smallest absolute Gasteiger partial charge is 0.322 e. The fourth-order valence-corrected chi connectivity index (χ4v) is 4.79. The van der Waals surface area contributed by atoms with Gasteiger partial charge in [0, 0.05) is 37.2 Å². The van der Waals surface area contributed by atoms with Crippen molar-refractivity contribution in [3.63, 3.8) is 0 Å². The van der Waals surface area contributed by atoms with Crippen LogP contribution in [0.1, 0.15) is 42.3 Å². The summed E-state index contributed by atoms with van der Waals surface area (Å²) in [5.74, 6) is -0.318. The second-order valence-electron chi connectivity index (χ2n) is 9.64. The van der Waals surface area contributed by atoms with E-state index in [4.69, 9.17) is 0 Å². The lowest BCUT2D eigenvalue weighted by Gasteiger charge is -2.38. The number of urea groups is 1. The van der Waals surface area contributed by atoms with Gasteiger partial charge in [-0.25, -0.2) is 9.18 Å². The zero-order chi connectivity index (χ0) is 25.1. The lowest BCUT2D eigenvalue weighted by molar-refractivity contribution is -0.134. The van der Waals surface area contributed by atoms with Crippen molar-refractivity contribution < 1.29 is 14.0 Å². The molecule has 2 heterocycles. The number of anilines is 1. The third-order valence-corrected chi connectivity index (χ3v) is 6.43. The summed E-state index contributed by atoms with van der Waals surface area (Å²) in [5.41, 5.74) is 4.36. The Morgan fingerprint density at radius 1 is 1.06 bits per heavy atom. The summed E-state index contributed by atoms with van der Waals surface area (Å²) in [5, 5.41) is 3.02. The van der Waals surface area contributed by atoms with Crippen molar-refractivity contribution in [2.75, 3.05) is 25.0 Å². The van der Waals surface area contributed by atoms with Crippen molar-refractivity contribution >= 4 is 17.6 Å². The first kappa shape index (κ1) is 24.5. The number of aryl methyl sites for hydroxylation is 2. The van der Waals surface area contributed by atoms with E-state index in [1.54, 1.807) is 15.9 Å². The third kappa shape index (κ3) is 5.39. The number of rotatable bonds is 6. The Morgan fingerprint density at radius 2 is 1.77 bits per heavy atom. The number of benzene rings is 2. The minimum atomic E-state index is -0.412. The van der Waals surface area contributed by atoms with Crippen LogP contribution in [0.15, 0.2) is 60.8 Å². The minimum absolute atomic E-state index is 0.0541. The van der Waals surface area contributed by atoms with Crippen LogP contribution in [-0.2, 0) is 11.3 Å². The van der Waals surface area contributed by atoms with E-state index >= 15 is 0 Å². The van der Waals surface area contributed by atoms with Crippen LogP contribution in [0.4, 0.5) is 14.9 Å². The third-order valence-electron chi connectivity index (χ3n) is 6.43. The Balaban J connectivity index is 1.59. The number of carbonyl (C=O) groups is 2. The van der Waals surface area contributed by atoms with Crippen molar-refractivity contribution in [2.45, 2.75) is 40.3 Å². The second-order valence-corrected chi connectivity index (χ2v) is 9.64. The number of amides is 3. The van der Waals surface area contributed by atoms with Gasteiger partial charge in [-0.1, -0.05) is 44.2 Å². The topological polar surface area (TPSA) is 57.6 Å². The Labute approximate surface area is 206 Å². The number of carbonyl (C=O) groups excluding carboxylic acids is 2. The van der Waals surface area contributed by atoms with Crippen molar-refractivity contribution in [2.24, 2.45) is 5.92 Å². The zero-order valence-corrected chi connectivity index (χ0v) is 20.8. The summed E-state index contributed by atoms with van der Waals surface area (Å²) in [7, 11) is 0. The highest BCUT2D eigenvalue weighted by Crippen LogP contribution is 2.33. The number of hydrogen-bond donors (Lipinski definition) is 1. The summed E-state index contributed by atoms with van der Waals surface area (Å²) in [6.45, 7) is 9.47. The number of nitrogens with one attached hydrogen (secondary N) is 1. The Bertz CT molecular complexity index is 1200. The van der Waals surface area contributed by atoms with Crippen LogP contribution in [0.25, 0.3) is 0 Å². The maximum atomic E-state index is 14.1. The predicted molar refractivity (Wildman–Crippen MR) is 136 cm³/mol. The summed E-state index contributed by atoms with van der Waals surface area (Å²) in [6, 6.07) is 15.4. The molecule has 1 N–H and O–H groups in total. The molecule has 0 aliphatic carbocycles. The molecule has 4 rings (SSSR count). The summed E-state index contributed by atoms with van der Waals surface area (Å²) >= 11 is 0. The molecule has 3 aromatic rings. The molecular formula is C28H33FN4O2. The van der Waals surface area contributed by atoms with Gasteiger partial charge in [0.1, 0.15) is 12.4 Å². The predicted octanol–water partition coefficient (Wildman–Crippen LogP) is 5.37. The molecule has 35 heavy (non-hydrogen) atoms. The molecule has 0 spiro atoms. The van der Waals surface area contributed by atoms with E-state index in [-0.39, 0.29) is 30.2 Å². The second kappa shape index (κ2) is 10.3. The first-order chi connectivity index (χ1) is 16.7. The molecule has 3 amide bonds. The molecule has 1 atom stereocenters. The molecule has 1 aliphatic rings. The van der Waals surface area contributed by atoms with Gasteiger partial charge >= 0.3 is 6.03 Å². The molecule has 0 saturated carbocycles. The van der Waals surface area contributed by atoms with E-state index in [1.165, 1.54) is 12.1 Å². The molecule has 1 aliphatic heterocycles. The van der Waals surface area contributed by atoms with Crippen LogP contribution in [0.2, 0.25) is 0 Å². The number of para-hydroxylation sites is 1. The van der Waals surface area contributed by atoms with Gasteiger partial charge in [0.15, 0.2) is 0 Å². The van der Waals surface area contributed by atoms with Gasteiger partial charge in [0.2, 0.25) is 5.91 Å². The van der Waals surface area contributed by atoms with Crippen LogP contribution in [0, 0.1) is 25.6 Å². The van der Waals surface area contributed by atoms with Crippen LogP contribution >= 0.6 is 0 Å². The molecule has 0 saturated heterocycles. The number of hydrogen-bond acceptors (Lipinski definition) is 2. The van der Waals surface area contributed by atoms with Gasteiger partial charge in [-0.05, 0) is 60.7 Å². The Hall–Kier alpha value is -3.61. The lowest BCUT2D eigenvalue weighted by atomic mass is 9.99. The average molecular weight is 477 g/mol. The molecule has 0 radical (unpaired) electrons. The number of aromatic nitrogens is 1. The standard InChI is InChI=1S/C28H33FN4O2/c1-19(2)17-32(28(35)30-26-20(3)8-5-9-21(26)4)18-25(34)33-15-14-31-13-7-12-24(31)27(33)22-10-6-11-23(29)16-22/h5-13,16,19,27H,14-15,17-18H2,1-4H3,(H,30,35). The van der Waals surface area contributed by atoms with Gasteiger partial charge in [-0.3, -0.25) is 4.79 Å². The number of halogens is 1. The SMILES string of the molecule is Cc1cccc(C)c1NC(=O)N(CC(=O)N1CCn2cccc2C1c1cccc(F)c1)CC(C)C. The van der Waals surface area contributed by atoms with E-state index in [0.29, 0.717) is 25.2 Å². The lowest BCUT2D eigenvalue weighted by Crippen LogP contribution is -2.49. The van der Waals surface area contributed by atoms with E-state index in [1.807, 2.05) is 70.3 Å². The van der Waals surface area contributed by atoms with Crippen LogP contribution in [-0.4, -0.2) is 45.9 Å². The molecule has 1 aromatic heterocycles. The Morgan fingerprint density at radius 3 is 2.46 bits per heavy atom. The largest absolute Gasteiger partial charge is 0.348 e. The van der Waals surface area contributed by atoms with E-state index < -0.39 is 6.04 Å². The highest BCUT2D eigenvalue weighted by molar-refractivity contribution is 5.93. The van der Waals surface area contributed by atoms with Crippen LogP contribution in [0.3, 0.4) is 0 Å². The van der Waals surface area contributed by atoms with E-state index in [2.05, 4.69) is 9.88 Å². The van der Waals surface area contributed by atoms with E-state index in [9.17, 15) is 14.0 Å². The average Bonchev–Trinajstić information content (AvgIpc) is 3.29. The normalized spacial score (nSPS) is 15.1.